The summed E-state index contributed by atoms with van der Waals surface area (Å²) in [4.78, 5) is 17.2. The van der Waals surface area contributed by atoms with E-state index >= 15 is 0 Å². The second kappa shape index (κ2) is 7.44. The maximum absolute atomic E-state index is 12.8. The number of nitrogens with one attached hydrogen (secondary N) is 1. The van der Waals surface area contributed by atoms with Crippen molar-refractivity contribution in [3.63, 3.8) is 0 Å². The summed E-state index contributed by atoms with van der Waals surface area (Å²) >= 11 is 0. The van der Waals surface area contributed by atoms with Gasteiger partial charge in [-0.05, 0) is 49.6 Å². The number of benzene rings is 2. The van der Waals surface area contributed by atoms with Crippen LogP contribution in [0.25, 0.3) is 10.8 Å². The zero-order valence-corrected chi connectivity index (χ0v) is 15.4. The second-order valence-corrected chi connectivity index (χ2v) is 6.11. The predicted octanol–water partition coefficient (Wildman–Crippen LogP) is 4.05. The van der Waals surface area contributed by atoms with E-state index in [4.69, 9.17) is 9.47 Å². The molecule has 0 aliphatic heterocycles. The Balaban J connectivity index is 1.92. The van der Waals surface area contributed by atoms with E-state index in [1.54, 1.807) is 26.5 Å². The minimum Gasteiger partial charge on any atom is -0.497 e. The molecule has 5 nitrogen and oxygen atoms in total. The monoisotopic (exact) mass is 350 g/mol. The van der Waals surface area contributed by atoms with Gasteiger partial charge in [-0.25, -0.2) is 0 Å². The molecule has 134 valence electrons. The highest BCUT2D eigenvalue weighted by Gasteiger charge is 2.18. The molecule has 1 heterocycles. The first kappa shape index (κ1) is 17.7. The molecule has 5 heteroatoms. The fourth-order valence-electron chi connectivity index (χ4n) is 3.07. The molecule has 1 amide bonds. The van der Waals surface area contributed by atoms with Crippen molar-refractivity contribution in [1.29, 1.82) is 0 Å². The molecule has 2 aromatic carbocycles. The molecule has 0 saturated heterocycles. The number of ether oxygens (including phenoxy) is 2. The van der Waals surface area contributed by atoms with Crippen LogP contribution in [-0.4, -0.2) is 25.1 Å². The number of amides is 1. The topological polar surface area (TPSA) is 60.5 Å². The molecule has 1 aromatic heterocycles. The van der Waals surface area contributed by atoms with E-state index < -0.39 is 0 Å². The van der Waals surface area contributed by atoms with E-state index in [9.17, 15) is 4.79 Å². The van der Waals surface area contributed by atoms with Crippen molar-refractivity contribution in [1.82, 2.24) is 10.3 Å². The summed E-state index contributed by atoms with van der Waals surface area (Å²) in [6.07, 6.45) is 1.75. The van der Waals surface area contributed by atoms with Crippen molar-refractivity contribution in [2.24, 2.45) is 0 Å². The molecule has 0 radical (unpaired) electrons. The number of carbonyl (C=O) groups is 1. The highest BCUT2D eigenvalue weighted by atomic mass is 16.5. The molecular weight excluding hydrogens is 328 g/mol. The fourth-order valence-corrected chi connectivity index (χ4v) is 3.07. The van der Waals surface area contributed by atoms with Crippen molar-refractivity contribution in [3.8, 4) is 11.5 Å². The fraction of sp³-hybridized carbons (Fsp3) is 0.238. The van der Waals surface area contributed by atoms with Crippen LogP contribution >= 0.6 is 0 Å². The van der Waals surface area contributed by atoms with Gasteiger partial charge in [-0.1, -0.05) is 12.1 Å². The lowest BCUT2D eigenvalue weighted by Gasteiger charge is -2.17. The van der Waals surface area contributed by atoms with Crippen LogP contribution in [0.3, 0.4) is 0 Å². The van der Waals surface area contributed by atoms with Crippen LogP contribution < -0.4 is 14.8 Å². The third-order valence-electron chi connectivity index (χ3n) is 4.51. The minimum absolute atomic E-state index is 0.157. The summed E-state index contributed by atoms with van der Waals surface area (Å²) < 4.78 is 10.6. The van der Waals surface area contributed by atoms with E-state index in [0.717, 1.165) is 27.8 Å². The molecule has 1 N–H and O–H groups in total. The zero-order chi connectivity index (χ0) is 18.7. The van der Waals surface area contributed by atoms with Crippen molar-refractivity contribution < 1.29 is 14.3 Å². The van der Waals surface area contributed by atoms with Gasteiger partial charge in [0.25, 0.3) is 5.91 Å². The summed E-state index contributed by atoms with van der Waals surface area (Å²) in [6, 6.07) is 13.0. The Morgan fingerprint density at radius 1 is 1.12 bits per heavy atom. The third kappa shape index (κ3) is 3.33. The van der Waals surface area contributed by atoms with Crippen LogP contribution in [0.5, 0.6) is 11.5 Å². The van der Waals surface area contributed by atoms with Gasteiger partial charge < -0.3 is 14.8 Å². The molecule has 0 aliphatic carbocycles. The van der Waals surface area contributed by atoms with Gasteiger partial charge in [0.1, 0.15) is 11.5 Å². The number of nitrogens with zero attached hydrogens (tertiary/aromatic N) is 1. The molecule has 3 rings (SSSR count). The maximum atomic E-state index is 12.8. The third-order valence-corrected chi connectivity index (χ3v) is 4.51. The molecule has 0 saturated carbocycles. The number of pyridine rings is 1. The highest BCUT2D eigenvalue weighted by molar-refractivity contribution is 5.97. The van der Waals surface area contributed by atoms with Gasteiger partial charge in [0.05, 0.1) is 26.0 Å². The average Bonchev–Trinajstić information content (AvgIpc) is 2.67. The summed E-state index contributed by atoms with van der Waals surface area (Å²) in [5.74, 6) is 1.29. The van der Waals surface area contributed by atoms with E-state index in [1.165, 1.54) is 0 Å². The van der Waals surface area contributed by atoms with Gasteiger partial charge in [-0.15, -0.1) is 0 Å². The summed E-state index contributed by atoms with van der Waals surface area (Å²) in [7, 11) is 3.23. The Morgan fingerprint density at radius 3 is 2.65 bits per heavy atom. The second-order valence-electron chi connectivity index (χ2n) is 6.11. The average molecular weight is 350 g/mol. The van der Waals surface area contributed by atoms with E-state index in [2.05, 4.69) is 10.3 Å². The highest BCUT2D eigenvalue weighted by Crippen LogP contribution is 2.27. The van der Waals surface area contributed by atoms with Crippen molar-refractivity contribution in [3.05, 3.63) is 65.5 Å². The van der Waals surface area contributed by atoms with Crippen molar-refractivity contribution in [2.45, 2.75) is 19.9 Å². The normalized spacial score (nSPS) is 11.8. The van der Waals surface area contributed by atoms with Crippen LogP contribution in [0.15, 0.2) is 48.7 Å². The van der Waals surface area contributed by atoms with Crippen LogP contribution in [0.2, 0.25) is 0 Å². The van der Waals surface area contributed by atoms with Gasteiger partial charge in [0.15, 0.2) is 0 Å². The lowest BCUT2D eigenvalue weighted by atomic mass is 10.0. The van der Waals surface area contributed by atoms with Crippen molar-refractivity contribution >= 4 is 16.7 Å². The van der Waals surface area contributed by atoms with E-state index in [-0.39, 0.29) is 11.9 Å². The van der Waals surface area contributed by atoms with Crippen LogP contribution in [0.1, 0.15) is 34.6 Å². The molecule has 0 aliphatic rings. The van der Waals surface area contributed by atoms with E-state index in [1.807, 2.05) is 50.2 Å². The zero-order valence-electron chi connectivity index (χ0n) is 15.4. The van der Waals surface area contributed by atoms with Crippen LogP contribution in [0, 0.1) is 6.92 Å². The standard InChI is InChI=1S/C21H22N2O3/c1-13-17(6-5-7-19(13)26-4)21(24)23-14(2)20-18-12-16(25-3)9-8-15(18)10-11-22-20/h5-12,14H,1-4H3,(H,23,24). The first-order valence-corrected chi connectivity index (χ1v) is 8.42. The van der Waals surface area contributed by atoms with Gasteiger partial charge in [-0.2, -0.15) is 0 Å². The summed E-state index contributed by atoms with van der Waals surface area (Å²) in [5, 5.41) is 5.05. The first-order chi connectivity index (χ1) is 12.5. The van der Waals surface area contributed by atoms with Gasteiger partial charge >= 0.3 is 0 Å². The smallest absolute Gasteiger partial charge is 0.252 e. The number of hydrogen-bond donors (Lipinski definition) is 1. The molecule has 1 unspecified atom stereocenters. The van der Waals surface area contributed by atoms with Gasteiger partial charge in [-0.3, -0.25) is 9.78 Å². The molecule has 0 bridgehead atoms. The number of fused-ring (bicyclic) bond motifs is 1. The number of carbonyl (C=O) groups excluding carboxylic acids is 1. The quantitative estimate of drug-likeness (QED) is 0.754. The summed E-state index contributed by atoms with van der Waals surface area (Å²) in [6.45, 7) is 3.80. The van der Waals surface area contributed by atoms with E-state index in [0.29, 0.717) is 11.3 Å². The molecular formula is C21H22N2O3. The number of aromatic nitrogens is 1. The van der Waals surface area contributed by atoms with Crippen molar-refractivity contribution in [2.75, 3.05) is 14.2 Å². The molecule has 0 fully saturated rings. The molecule has 26 heavy (non-hydrogen) atoms. The Bertz CT molecular complexity index is 953. The number of rotatable bonds is 5. The number of methoxy groups -OCH3 is 2. The van der Waals surface area contributed by atoms with Crippen LogP contribution in [-0.2, 0) is 0 Å². The minimum atomic E-state index is -0.260. The first-order valence-electron chi connectivity index (χ1n) is 8.42. The Hall–Kier alpha value is -3.08. The Morgan fingerprint density at radius 2 is 1.92 bits per heavy atom. The lowest BCUT2D eigenvalue weighted by molar-refractivity contribution is 0.0938. The van der Waals surface area contributed by atoms with Crippen LogP contribution in [0.4, 0.5) is 0 Å². The lowest BCUT2D eigenvalue weighted by Crippen LogP contribution is -2.28. The predicted molar refractivity (Wildman–Crippen MR) is 102 cm³/mol. The SMILES string of the molecule is COc1ccc2ccnc(C(C)NC(=O)c3cccc(OC)c3C)c2c1. The number of hydrogen-bond acceptors (Lipinski definition) is 4. The van der Waals surface area contributed by atoms with Gasteiger partial charge in [0.2, 0.25) is 0 Å². The Kier molecular flexibility index (Phi) is 5.07. The largest absolute Gasteiger partial charge is 0.497 e. The van der Waals surface area contributed by atoms with Gasteiger partial charge in [0, 0.05) is 22.7 Å². The maximum Gasteiger partial charge on any atom is 0.252 e. The molecule has 1 atom stereocenters. The molecule has 3 aromatic rings. The Labute approximate surface area is 153 Å². The summed E-state index contributed by atoms with van der Waals surface area (Å²) in [5.41, 5.74) is 2.21. The molecule has 0 spiro atoms.